The molecule has 38 valence electrons. The molecule has 0 aromatic rings. The molecule has 1 heterocycles. The number of aliphatic imine (C=N–C) groups is 1. The van der Waals surface area contributed by atoms with Crippen LogP contribution in [-0.2, 0) is 0 Å². The monoisotopic (exact) mass is 95.1 g/mol. The molecule has 1 rings (SSSR count). The van der Waals surface area contributed by atoms with E-state index >= 15 is 0 Å². The fourth-order valence-electron chi connectivity index (χ4n) is 0.563. The lowest BCUT2D eigenvalue weighted by Gasteiger charge is -2.01. The molecule has 0 fully saturated rings. The van der Waals surface area contributed by atoms with Crippen LogP contribution in [0.5, 0.6) is 0 Å². The summed E-state index contributed by atoms with van der Waals surface area (Å²) in [6.45, 7) is 2.18. The van der Waals surface area contributed by atoms with Crippen LogP contribution >= 0.6 is 0 Å². The van der Waals surface area contributed by atoms with Crippen molar-refractivity contribution in [1.29, 1.82) is 0 Å². The number of hydrogen-bond acceptors (Lipinski definition) is 1. The van der Waals surface area contributed by atoms with Crippen LogP contribution in [-0.4, -0.2) is 6.21 Å². The Morgan fingerprint density at radius 1 is 1.71 bits per heavy atom. The lowest BCUT2D eigenvalue weighted by Crippen LogP contribution is -1.92. The summed E-state index contributed by atoms with van der Waals surface area (Å²) in [5.74, 6) is 0.706. The number of allylic oxidation sites excluding steroid dienone is 1. The fourth-order valence-corrected chi connectivity index (χ4v) is 0.563. The van der Waals surface area contributed by atoms with Crippen LogP contribution in [0.2, 0.25) is 0 Å². The van der Waals surface area contributed by atoms with E-state index in [4.69, 9.17) is 0 Å². The van der Waals surface area contributed by atoms with Crippen LogP contribution in [0.15, 0.2) is 17.3 Å². The Balaban J connectivity index is 2.49. The van der Waals surface area contributed by atoms with Crippen LogP contribution in [0.3, 0.4) is 0 Å². The van der Waals surface area contributed by atoms with Crippen molar-refractivity contribution in [1.82, 2.24) is 0 Å². The first-order chi connectivity index (χ1) is 3.39. The second-order valence-electron chi connectivity index (χ2n) is 1.89. The Hall–Kier alpha value is -0.590. The second-order valence-corrected chi connectivity index (χ2v) is 1.89. The van der Waals surface area contributed by atoms with Gasteiger partial charge >= 0.3 is 0 Å². The van der Waals surface area contributed by atoms with Crippen molar-refractivity contribution in [2.45, 2.75) is 13.3 Å². The number of nitrogens with zero attached hydrogens (tertiary/aromatic N) is 1. The molecule has 0 aromatic carbocycles. The zero-order valence-corrected chi connectivity index (χ0v) is 4.46. The van der Waals surface area contributed by atoms with E-state index in [1.54, 1.807) is 0 Å². The molecule has 0 spiro atoms. The summed E-state index contributed by atoms with van der Waals surface area (Å²) in [6, 6.07) is 0. The molecule has 1 nitrogen and oxygen atoms in total. The molecule has 0 saturated heterocycles. The highest BCUT2D eigenvalue weighted by atomic mass is 14.7. The minimum Gasteiger partial charge on any atom is -0.269 e. The van der Waals surface area contributed by atoms with Gasteiger partial charge in [-0.15, -0.1) is 0 Å². The van der Waals surface area contributed by atoms with E-state index in [1.807, 2.05) is 12.4 Å². The largest absolute Gasteiger partial charge is 0.269 e. The number of rotatable bonds is 0. The summed E-state index contributed by atoms with van der Waals surface area (Å²) in [6.07, 6.45) is 7.02. The molecule has 7 heavy (non-hydrogen) atoms. The van der Waals surface area contributed by atoms with Gasteiger partial charge < -0.3 is 0 Å². The zero-order chi connectivity index (χ0) is 5.11. The van der Waals surface area contributed by atoms with Gasteiger partial charge in [-0.3, -0.25) is 4.99 Å². The SMILES string of the molecule is CC1C=CN=CC1. The van der Waals surface area contributed by atoms with Crippen LogP contribution in [0.25, 0.3) is 0 Å². The van der Waals surface area contributed by atoms with Crippen molar-refractivity contribution >= 4 is 6.21 Å². The second kappa shape index (κ2) is 1.92. The van der Waals surface area contributed by atoms with Crippen molar-refractivity contribution in [3.05, 3.63) is 12.3 Å². The fraction of sp³-hybridized carbons (Fsp3) is 0.500. The van der Waals surface area contributed by atoms with Gasteiger partial charge in [-0.1, -0.05) is 13.0 Å². The van der Waals surface area contributed by atoms with Gasteiger partial charge in [-0.05, 0) is 12.3 Å². The first-order valence-corrected chi connectivity index (χ1v) is 2.58. The van der Waals surface area contributed by atoms with Crippen LogP contribution in [0.1, 0.15) is 13.3 Å². The van der Waals surface area contributed by atoms with Crippen molar-refractivity contribution in [3.8, 4) is 0 Å². The summed E-state index contributed by atoms with van der Waals surface area (Å²) < 4.78 is 0. The van der Waals surface area contributed by atoms with Crippen LogP contribution in [0.4, 0.5) is 0 Å². The third kappa shape index (κ3) is 1.15. The predicted molar refractivity (Wildman–Crippen MR) is 31.4 cm³/mol. The van der Waals surface area contributed by atoms with Gasteiger partial charge in [0.15, 0.2) is 0 Å². The van der Waals surface area contributed by atoms with Gasteiger partial charge in [0.2, 0.25) is 0 Å². The van der Waals surface area contributed by atoms with Crippen molar-refractivity contribution < 1.29 is 0 Å². The maximum atomic E-state index is 3.92. The summed E-state index contributed by atoms with van der Waals surface area (Å²) in [4.78, 5) is 3.92. The van der Waals surface area contributed by atoms with Crippen LogP contribution < -0.4 is 0 Å². The smallest absolute Gasteiger partial charge is 0.0226 e. The minimum atomic E-state index is 0.706. The van der Waals surface area contributed by atoms with E-state index in [-0.39, 0.29) is 0 Å². The first kappa shape index (κ1) is 4.57. The zero-order valence-electron chi connectivity index (χ0n) is 4.46. The molecule has 1 heteroatoms. The van der Waals surface area contributed by atoms with Gasteiger partial charge in [0.05, 0.1) is 0 Å². The highest BCUT2D eigenvalue weighted by Crippen LogP contribution is 2.04. The highest BCUT2D eigenvalue weighted by Gasteiger charge is 1.94. The Morgan fingerprint density at radius 2 is 2.57 bits per heavy atom. The van der Waals surface area contributed by atoms with E-state index in [0.29, 0.717) is 5.92 Å². The third-order valence-electron chi connectivity index (χ3n) is 1.08. The minimum absolute atomic E-state index is 0.706. The van der Waals surface area contributed by atoms with E-state index < -0.39 is 0 Å². The van der Waals surface area contributed by atoms with Crippen LogP contribution in [0, 0.1) is 5.92 Å². The van der Waals surface area contributed by atoms with Gasteiger partial charge in [0, 0.05) is 12.4 Å². The molecular formula is C6H9N. The van der Waals surface area contributed by atoms with Gasteiger partial charge in [0.1, 0.15) is 0 Å². The molecule has 1 aliphatic rings. The van der Waals surface area contributed by atoms with E-state index in [9.17, 15) is 0 Å². The van der Waals surface area contributed by atoms with E-state index in [2.05, 4.69) is 18.0 Å². The Bertz CT molecular complexity index is 103. The average molecular weight is 95.1 g/mol. The van der Waals surface area contributed by atoms with Crippen molar-refractivity contribution in [2.24, 2.45) is 10.9 Å². The van der Waals surface area contributed by atoms with Crippen molar-refractivity contribution in [2.75, 3.05) is 0 Å². The molecule has 1 atom stereocenters. The Morgan fingerprint density at radius 3 is 2.86 bits per heavy atom. The molecule has 1 unspecified atom stereocenters. The molecule has 0 aromatic heterocycles. The highest BCUT2D eigenvalue weighted by molar-refractivity contribution is 5.59. The lowest BCUT2D eigenvalue weighted by atomic mass is 10.1. The maximum Gasteiger partial charge on any atom is 0.0226 e. The normalized spacial score (nSPS) is 28.4. The van der Waals surface area contributed by atoms with Gasteiger partial charge in [0.25, 0.3) is 0 Å². The maximum absolute atomic E-state index is 3.92. The summed E-state index contributed by atoms with van der Waals surface area (Å²) >= 11 is 0. The molecule has 0 aliphatic carbocycles. The Kier molecular flexibility index (Phi) is 1.25. The molecule has 0 amide bonds. The molecule has 0 N–H and O–H groups in total. The van der Waals surface area contributed by atoms with E-state index in [0.717, 1.165) is 6.42 Å². The quantitative estimate of drug-likeness (QED) is 0.433. The van der Waals surface area contributed by atoms with Crippen molar-refractivity contribution in [3.63, 3.8) is 0 Å². The Labute approximate surface area is 43.8 Å². The lowest BCUT2D eigenvalue weighted by molar-refractivity contribution is 0.765. The number of hydrogen-bond donors (Lipinski definition) is 0. The molecular weight excluding hydrogens is 86.1 g/mol. The summed E-state index contributed by atoms with van der Waals surface area (Å²) in [5.41, 5.74) is 0. The third-order valence-corrected chi connectivity index (χ3v) is 1.08. The van der Waals surface area contributed by atoms with Gasteiger partial charge in [-0.2, -0.15) is 0 Å². The van der Waals surface area contributed by atoms with E-state index in [1.165, 1.54) is 0 Å². The molecule has 0 saturated carbocycles. The first-order valence-electron chi connectivity index (χ1n) is 2.58. The molecule has 0 radical (unpaired) electrons. The predicted octanol–water partition coefficient (Wildman–Crippen LogP) is 1.61. The molecule has 0 bridgehead atoms. The molecule has 1 aliphatic heterocycles. The standard InChI is InChI=1S/C6H9N/c1-6-2-4-7-5-3-6/h2,4-6H,3H2,1H3. The average Bonchev–Trinajstić information content (AvgIpc) is 1.69. The van der Waals surface area contributed by atoms with Gasteiger partial charge in [-0.25, -0.2) is 0 Å². The summed E-state index contributed by atoms with van der Waals surface area (Å²) in [5, 5.41) is 0. The summed E-state index contributed by atoms with van der Waals surface area (Å²) in [7, 11) is 0. The topological polar surface area (TPSA) is 12.4 Å².